The summed E-state index contributed by atoms with van der Waals surface area (Å²) in [7, 11) is 0. The molecule has 1 aliphatic carbocycles. The van der Waals surface area contributed by atoms with Crippen LogP contribution in [0.15, 0.2) is 28.8 Å². The molecule has 4 nitrogen and oxygen atoms in total. The molecule has 0 unspecified atom stereocenters. The van der Waals surface area contributed by atoms with Crippen molar-refractivity contribution >= 4 is 0 Å². The van der Waals surface area contributed by atoms with E-state index in [0.717, 1.165) is 18.4 Å². The number of hydrogen-bond acceptors (Lipinski definition) is 4. The molecular weight excluding hydrogens is 202 g/mol. The van der Waals surface area contributed by atoms with Crippen LogP contribution in [0.2, 0.25) is 0 Å². The quantitative estimate of drug-likeness (QED) is 0.832. The first-order valence-electron chi connectivity index (χ1n) is 5.37. The normalized spacial score (nSPS) is 17.4. The van der Waals surface area contributed by atoms with E-state index in [1.165, 1.54) is 5.56 Å². The van der Waals surface area contributed by atoms with Gasteiger partial charge < -0.3 is 10.3 Å². The molecule has 1 heterocycles. The van der Waals surface area contributed by atoms with E-state index in [4.69, 9.17) is 10.3 Å². The summed E-state index contributed by atoms with van der Waals surface area (Å²) >= 11 is 0. The van der Waals surface area contributed by atoms with Gasteiger partial charge in [-0.1, -0.05) is 35.0 Å². The van der Waals surface area contributed by atoms with E-state index in [0.29, 0.717) is 11.7 Å². The van der Waals surface area contributed by atoms with Gasteiger partial charge in [0.1, 0.15) is 0 Å². The minimum atomic E-state index is -0.351. The minimum absolute atomic E-state index is 0.351. The molecule has 16 heavy (non-hydrogen) atoms. The van der Waals surface area contributed by atoms with Gasteiger partial charge >= 0.3 is 0 Å². The molecule has 3 rings (SSSR count). The van der Waals surface area contributed by atoms with Crippen molar-refractivity contribution in [2.45, 2.75) is 25.3 Å². The molecule has 1 aromatic heterocycles. The van der Waals surface area contributed by atoms with E-state index in [9.17, 15) is 0 Å². The van der Waals surface area contributed by atoms with Gasteiger partial charge in [0.05, 0.1) is 5.54 Å². The first-order valence-corrected chi connectivity index (χ1v) is 5.37. The Bertz CT molecular complexity index is 511. The first-order chi connectivity index (χ1) is 7.67. The summed E-state index contributed by atoms with van der Waals surface area (Å²) in [6, 6.07) is 8.03. The highest BCUT2D eigenvalue weighted by Crippen LogP contribution is 2.42. The average Bonchev–Trinajstić information content (AvgIpc) is 2.84. The molecule has 4 heteroatoms. The second kappa shape index (κ2) is 3.15. The summed E-state index contributed by atoms with van der Waals surface area (Å²) in [4.78, 5) is 4.34. The van der Waals surface area contributed by atoms with Crippen molar-refractivity contribution in [3.8, 4) is 11.4 Å². The van der Waals surface area contributed by atoms with E-state index in [1.807, 2.05) is 31.2 Å². The molecular formula is C12H13N3O. The summed E-state index contributed by atoms with van der Waals surface area (Å²) < 4.78 is 5.19. The van der Waals surface area contributed by atoms with Crippen molar-refractivity contribution in [1.29, 1.82) is 0 Å². The molecule has 82 valence electrons. The number of hydrogen-bond donors (Lipinski definition) is 1. The summed E-state index contributed by atoms with van der Waals surface area (Å²) in [5.41, 5.74) is 7.81. The maximum atomic E-state index is 5.99. The zero-order valence-electron chi connectivity index (χ0n) is 9.10. The van der Waals surface area contributed by atoms with Crippen LogP contribution in [0.1, 0.15) is 24.3 Å². The number of aryl methyl sites for hydroxylation is 1. The highest BCUT2D eigenvalue weighted by atomic mass is 16.5. The topological polar surface area (TPSA) is 64.9 Å². The van der Waals surface area contributed by atoms with Gasteiger partial charge in [-0.3, -0.25) is 0 Å². The number of nitrogens with two attached hydrogens (primary N) is 1. The zero-order chi connectivity index (χ0) is 11.2. The number of nitrogens with zero attached hydrogens (tertiary/aromatic N) is 2. The fraction of sp³-hybridized carbons (Fsp3) is 0.333. The molecule has 1 fully saturated rings. The van der Waals surface area contributed by atoms with Crippen LogP contribution in [0.5, 0.6) is 0 Å². The Morgan fingerprint density at radius 1 is 1.25 bits per heavy atom. The van der Waals surface area contributed by atoms with Crippen LogP contribution in [0.4, 0.5) is 0 Å². The molecule has 0 atom stereocenters. The highest BCUT2D eigenvalue weighted by molar-refractivity contribution is 5.54. The Labute approximate surface area is 93.5 Å². The van der Waals surface area contributed by atoms with Gasteiger partial charge in [0.2, 0.25) is 11.7 Å². The Morgan fingerprint density at radius 2 is 1.94 bits per heavy atom. The fourth-order valence-corrected chi connectivity index (χ4v) is 1.59. The average molecular weight is 215 g/mol. The SMILES string of the molecule is Cc1ccc(-c2noc(C3(N)CC3)n2)cc1. The van der Waals surface area contributed by atoms with Crippen LogP contribution in [0.25, 0.3) is 11.4 Å². The Balaban J connectivity index is 1.95. The van der Waals surface area contributed by atoms with E-state index < -0.39 is 0 Å². The number of rotatable bonds is 2. The van der Waals surface area contributed by atoms with Crippen molar-refractivity contribution in [1.82, 2.24) is 10.1 Å². The summed E-state index contributed by atoms with van der Waals surface area (Å²) in [6.07, 6.45) is 1.87. The lowest BCUT2D eigenvalue weighted by atomic mass is 10.1. The van der Waals surface area contributed by atoms with E-state index >= 15 is 0 Å². The van der Waals surface area contributed by atoms with Crippen LogP contribution in [0, 0.1) is 6.92 Å². The summed E-state index contributed by atoms with van der Waals surface area (Å²) in [5, 5.41) is 3.96. The van der Waals surface area contributed by atoms with Crippen molar-refractivity contribution in [2.24, 2.45) is 5.73 Å². The van der Waals surface area contributed by atoms with Gasteiger partial charge in [-0.15, -0.1) is 0 Å². The molecule has 0 bridgehead atoms. The van der Waals surface area contributed by atoms with Crippen LogP contribution in [-0.4, -0.2) is 10.1 Å². The molecule has 2 N–H and O–H groups in total. The molecule has 1 aliphatic rings. The van der Waals surface area contributed by atoms with E-state index in [2.05, 4.69) is 10.1 Å². The summed E-state index contributed by atoms with van der Waals surface area (Å²) in [6.45, 7) is 2.05. The van der Waals surface area contributed by atoms with Crippen molar-refractivity contribution in [3.63, 3.8) is 0 Å². The monoisotopic (exact) mass is 215 g/mol. The van der Waals surface area contributed by atoms with Crippen LogP contribution in [0.3, 0.4) is 0 Å². The predicted octanol–water partition coefficient (Wildman–Crippen LogP) is 1.99. The summed E-state index contributed by atoms with van der Waals surface area (Å²) in [5.74, 6) is 1.18. The number of benzene rings is 1. The smallest absolute Gasteiger partial charge is 0.247 e. The van der Waals surface area contributed by atoms with Crippen molar-refractivity contribution in [2.75, 3.05) is 0 Å². The predicted molar refractivity (Wildman–Crippen MR) is 59.6 cm³/mol. The van der Waals surface area contributed by atoms with Crippen LogP contribution in [-0.2, 0) is 5.54 Å². The first kappa shape index (κ1) is 9.54. The van der Waals surface area contributed by atoms with Crippen LogP contribution < -0.4 is 5.73 Å². The van der Waals surface area contributed by atoms with Crippen molar-refractivity contribution in [3.05, 3.63) is 35.7 Å². The molecule has 0 spiro atoms. The van der Waals surface area contributed by atoms with Gasteiger partial charge in [-0.2, -0.15) is 4.98 Å². The van der Waals surface area contributed by atoms with Gasteiger partial charge in [-0.25, -0.2) is 0 Å². The molecule has 0 saturated heterocycles. The third-order valence-electron chi connectivity index (χ3n) is 2.95. The third kappa shape index (κ3) is 1.51. The fourth-order valence-electron chi connectivity index (χ4n) is 1.59. The second-order valence-electron chi connectivity index (χ2n) is 4.45. The lowest BCUT2D eigenvalue weighted by Crippen LogP contribution is -2.18. The molecule has 2 aromatic rings. The largest absolute Gasteiger partial charge is 0.337 e. The standard InChI is InChI=1S/C12H13N3O/c1-8-2-4-9(5-3-8)10-14-11(16-15-10)12(13)6-7-12/h2-5H,6-7,13H2,1H3. The molecule has 0 aliphatic heterocycles. The maximum Gasteiger partial charge on any atom is 0.247 e. The van der Waals surface area contributed by atoms with E-state index in [1.54, 1.807) is 0 Å². The van der Waals surface area contributed by atoms with Gasteiger partial charge in [0.25, 0.3) is 0 Å². The van der Waals surface area contributed by atoms with E-state index in [-0.39, 0.29) is 5.54 Å². The lowest BCUT2D eigenvalue weighted by molar-refractivity contribution is 0.348. The number of aromatic nitrogens is 2. The van der Waals surface area contributed by atoms with Crippen LogP contribution >= 0.6 is 0 Å². The third-order valence-corrected chi connectivity index (χ3v) is 2.95. The highest BCUT2D eigenvalue weighted by Gasteiger charge is 2.45. The second-order valence-corrected chi connectivity index (χ2v) is 4.45. The molecule has 1 saturated carbocycles. The van der Waals surface area contributed by atoms with Crippen molar-refractivity contribution < 1.29 is 4.52 Å². The minimum Gasteiger partial charge on any atom is -0.337 e. The van der Waals surface area contributed by atoms with Gasteiger partial charge in [0, 0.05) is 5.56 Å². The molecule has 0 amide bonds. The lowest BCUT2D eigenvalue weighted by Gasteiger charge is -1.98. The van der Waals surface area contributed by atoms with Gasteiger partial charge in [-0.05, 0) is 19.8 Å². The maximum absolute atomic E-state index is 5.99. The Morgan fingerprint density at radius 3 is 2.56 bits per heavy atom. The zero-order valence-corrected chi connectivity index (χ0v) is 9.10. The molecule has 1 aromatic carbocycles. The Kier molecular flexibility index (Phi) is 1.88. The molecule has 0 radical (unpaired) electrons. The Hall–Kier alpha value is -1.68. The van der Waals surface area contributed by atoms with Gasteiger partial charge in [0.15, 0.2) is 0 Å².